The number of esters is 3. The van der Waals surface area contributed by atoms with Crippen LogP contribution < -0.4 is 0 Å². The van der Waals surface area contributed by atoms with E-state index in [0.29, 0.717) is 19.3 Å². The van der Waals surface area contributed by atoms with Crippen LogP contribution in [-0.4, -0.2) is 37.2 Å². The number of unbranched alkanes of at least 4 members (excludes halogenated alkanes) is 20. The average Bonchev–Trinajstić information content (AvgIpc) is 3.19. The van der Waals surface area contributed by atoms with E-state index in [2.05, 4.69) is 81.5 Å². The third-order valence-electron chi connectivity index (χ3n) is 9.79. The summed E-state index contributed by atoms with van der Waals surface area (Å²) >= 11 is 0. The lowest BCUT2D eigenvalue weighted by atomic mass is 10.1. The fraction of sp³-hybridized carbons (Fsp3) is 0.740. The van der Waals surface area contributed by atoms with Gasteiger partial charge >= 0.3 is 17.9 Å². The Kier molecular flexibility index (Phi) is 42.5. The molecular formula is C50H86O6. The number of allylic oxidation sites excluding steroid dienone is 10. The predicted molar refractivity (Wildman–Crippen MR) is 238 cm³/mol. The molecule has 0 aromatic heterocycles. The first kappa shape index (κ1) is 53.1. The second-order valence-electron chi connectivity index (χ2n) is 15.3. The van der Waals surface area contributed by atoms with Crippen molar-refractivity contribution in [2.24, 2.45) is 0 Å². The summed E-state index contributed by atoms with van der Waals surface area (Å²) in [6, 6.07) is 0. The van der Waals surface area contributed by atoms with Crippen LogP contribution in [-0.2, 0) is 28.6 Å². The van der Waals surface area contributed by atoms with E-state index in [1.54, 1.807) is 0 Å². The third-order valence-corrected chi connectivity index (χ3v) is 9.79. The smallest absolute Gasteiger partial charge is 0.306 e. The Labute approximate surface area is 345 Å². The van der Waals surface area contributed by atoms with Crippen molar-refractivity contribution < 1.29 is 28.6 Å². The Hall–Kier alpha value is -2.89. The first-order valence-corrected chi connectivity index (χ1v) is 23.3. The molecule has 0 aliphatic heterocycles. The quantitative estimate of drug-likeness (QED) is 0.0266. The fourth-order valence-electron chi connectivity index (χ4n) is 6.29. The Morgan fingerprint density at radius 3 is 1.09 bits per heavy atom. The van der Waals surface area contributed by atoms with Crippen LogP contribution >= 0.6 is 0 Å². The molecule has 0 spiro atoms. The number of ether oxygens (including phenoxy) is 3. The van der Waals surface area contributed by atoms with Crippen molar-refractivity contribution in [2.45, 2.75) is 226 Å². The van der Waals surface area contributed by atoms with Crippen LogP contribution in [0.25, 0.3) is 0 Å². The molecule has 0 aromatic rings. The first-order chi connectivity index (χ1) is 27.5. The molecule has 0 bridgehead atoms. The van der Waals surface area contributed by atoms with Gasteiger partial charge in [0.05, 0.1) is 0 Å². The van der Waals surface area contributed by atoms with E-state index >= 15 is 0 Å². The minimum atomic E-state index is -0.774. The number of carbonyl (C=O) groups excluding carboxylic acids is 3. The number of carbonyl (C=O) groups is 3. The van der Waals surface area contributed by atoms with Gasteiger partial charge in [-0.2, -0.15) is 0 Å². The summed E-state index contributed by atoms with van der Waals surface area (Å²) in [4.78, 5) is 37.5. The number of rotatable bonds is 41. The Morgan fingerprint density at radius 2 is 0.696 bits per heavy atom. The van der Waals surface area contributed by atoms with Crippen molar-refractivity contribution in [1.82, 2.24) is 0 Å². The van der Waals surface area contributed by atoms with Crippen LogP contribution in [0.1, 0.15) is 220 Å². The molecule has 0 aliphatic rings. The van der Waals surface area contributed by atoms with E-state index < -0.39 is 6.10 Å². The molecule has 1 unspecified atom stereocenters. The van der Waals surface area contributed by atoms with Gasteiger partial charge in [-0.05, 0) is 64.2 Å². The molecule has 0 aromatic carbocycles. The van der Waals surface area contributed by atoms with E-state index in [4.69, 9.17) is 14.2 Å². The van der Waals surface area contributed by atoms with Crippen molar-refractivity contribution in [3.63, 3.8) is 0 Å². The molecule has 0 heterocycles. The molecule has 0 fully saturated rings. The molecule has 56 heavy (non-hydrogen) atoms. The Balaban J connectivity index is 4.25. The van der Waals surface area contributed by atoms with E-state index in [1.807, 2.05) is 0 Å². The molecule has 6 heteroatoms. The third kappa shape index (κ3) is 42.3. The zero-order valence-electron chi connectivity index (χ0n) is 36.6. The van der Waals surface area contributed by atoms with Crippen LogP contribution in [0.2, 0.25) is 0 Å². The molecule has 0 radical (unpaired) electrons. The molecule has 0 rings (SSSR count). The summed E-state index contributed by atoms with van der Waals surface area (Å²) in [6.07, 6.45) is 53.7. The second kappa shape index (κ2) is 44.8. The van der Waals surface area contributed by atoms with Gasteiger partial charge in [-0.25, -0.2) is 0 Å². The molecule has 1 atom stereocenters. The highest BCUT2D eigenvalue weighted by atomic mass is 16.6. The van der Waals surface area contributed by atoms with Gasteiger partial charge in [-0.3, -0.25) is 14.4 Å². The molecule has 0 amide bonds. The number of hydrogen-bond donors (Lipinski definition) is 0. The molecule has 322 valence electrons. The maximum Gasteiger partial charge on any atom is 0.306 e. The predicted octanol–water partition coefficient (Wildman–Crippen LogP) is 14.9. The first-order valence-electron chi connectivity index (χ1n) is 23.3. The van der Waals surface area contributed by atoms with Crippen molar-refractivity contribution >= 4 is 17.9 Å². The second-order valence-corrected chi connectivity index (χ2v) is 15.3. The van der Waals surface area contributed by atoms with Gasteiger partial charge in [0, 0.05) is 19.3 Å². The SMILES string of the molecule is CC/C=C\C/C=C\C/C=C\C/C=C\C/C=C\CCCCCCCC(=O)OCC(COC(=O)CCCCCCCC)OC(=O)CCCCCCCCCCCCC. The highest BCUT2D eigenvalue weighted by Gasteiger charge is 2.19. The summed E-state index contributed by atoms with van der Waals surface area (Å²) in [5.74, 6) is -0.910. The van der Waals surface area contributed by atoms with Gasteiger partial charge in [-0.15, -0.1) is 0 Å². The van der Waals surface area contributed by atoms with Gasteiger partial charge in [0.1, 0.15) is 13.2 Å². The van der Waals surface area contributed by atoms with E-state index in [-0.39, 0.29) is 31.1 Å². The van der Waals surface area contributed by atoms with Crippen molar-refractivity contribution in [1.29, 1.82) is 0 Å². The molecule has 0 aliphatic carbocycles. The monoisotopic (exact) mass is 783 g/mol. The zero-order valence-corrected chi connectivity index (χ0v) is 36.6. The molecule has 0 saturated carbocycles. The van der Waals surface area contributed by atoms with Crippen molar-refractivity contribution in [3.05, 3.63) is 60.8 Å². The van der Waals surface area contributed by atoms with Gasteiger partial charge in [-0.1, -0.05) is 197 Å². The lowest BCUT2D eigenvalue weighted by molar-refractivity contribution is -0.167. The van der Waals surface area contributed by atoms with Gasteiger partial charge in [0.15, 0.2) is 6.10 Å². The summed E-state index contributed by atoms with van der Waals surface area (Å²) in [7, 11) is 0. The maximum atomic E-state index is 12.7. The summed E-state index contributed by atoms with van der Waals surface area (Å²) in [5.41, 5.74) is 0. The maximum absolute atomic E-state index is 12.7. The van der Waals surface area contributed by atoms with Crippen LogP contribution in [0, 0.1) is 0 Å². The topological polar surface area (TPSA) is 78.9 Å². The van der Waals surface area contributed by atoms with Gasteiger partial charge < -0.3 is 14.2 Å². The summed E-state index contributed by atoms with van der Waals surface area (Å²) in [6.45, 7) is 6.43. The lowest BCUT2D eigenvalue weighted by Crippen LogP contribution is -2.30. The van der Waals surface area contributed by atoms with Gasteiger partial charge in [0.2, 0.25) is 0 Å². The van der Waals surface area contributed by atoms with Crippen molar-refractivity contribution in [3.8, 4) is 0 Å². The number of hydrogen-bond acceptors (Lipinski definition) is 6. The van der Waals surface area contributed by atoms with E-state index in [0.717, 1.165) is 109 Å². The van der Waals surface area contributed by atoms with Crippen LogP contribution in [0.3, 0.4) is 0 Å². The van der Waals surface area contributed by atoms with Gasteiger partial charge in [0.25, 0.3) is 0 Å². The standard InChI is InChI=1S/C50H86O6/c1-4-7-10-13-16-18-20-21-22-23-24-25-26-27-28-29-31-32-34-37-40-43-49(52)55-46-47(45-54-48(51)42-39-36-15-12-9-6-3)56-50(53)44-41-38-35-33-30-19-17-14-11-8-5-2/h7,10,16,18,21-22,24-25,27-28,47H,4-6,8-9,11-15,17,19-20,23,26,29-46H2,1-3H3/b10-7-,18-16-,22-21-,25-24-,28-27-. The largest absolute Gasteiger partial charge is 0.462 e. The highest BCUT2D eigenvalue weighted by molar-refractivity contribution is 5.71. The van der Waals surface area contributed by atoms with E-state index in [9.17, 15) is 14.4 Å². The van der Waals surface area contributed by atoms with Crippen molar-refractivity contribution in [2.75, 3.05) is 13.2 Å². The molecule has 6 nitrogen and oxygen atoms in total. The summed E-state index contributed by atoms with van der Waals surface area (Å²) in [5, 5.41) is 0. The Bertz CT molecular complexity index is 1040. The lowest BCUT2D eigenvalue weighted by Gasteiger charge is -2.18. The molecular weight excluding hydrogens is 697 g/mol. The van der Waals surface area contributed by atoms with Crippen LogP contribution in [0.4, 0.5) is 0 Å². The molecule has 0 N–H and O–H groups in total. The molecule has 0 saturated heterocycles. The van der Waals surface area contributed by atoms with Crippen LogP contribution in [0.15, 0.2) is 60.8 Å². The van der Waals surface area contributed by atoms with E-state index in [1.165, 1.54) is 70.6 Å². The normalized spacial score (nSPS) is 12.6. The minimum Gasteiger partial charge on any atom is -0.462 e. The van der Waals surface area contributed by atoms with Crippen LogP contribution in [0.5, 0.6) is 0 Å². The minimum absolute atomic E-state index is 0.0795. The summed E-state index contributed by atoms with van der Waals surface area (Å²) < 4.78 is 16.6. The fourth-order valence-corrected chi connectivity index (χ4v) is 6.29. The highest BCUT2D eigenvalue weighted by Crippen LogP contribution is 2.14. The average molecular weight is 783 g/mol. The Morgan fingerprint density at radius 1 is 0.375 bits per heavy atom. The zero-order chi connectivity index (χ0) is 40.8.